The third-order valence-corrected chi connectivity index (χ3v) is 7.19. The van der Waals surface area contributed by atoms with E-state index >= 15 is 0 Å². The molecule has 35 heavy (non-hydrogen) atoms. The van der Waals surface area contributed by atoms with E-state index in [2.05, 4.69) is 35.6 Å². The lowest BCUT2D eigenvalue weighted by molar-refractivity contribution is -0.142. The molecule has 0 bridgehead atoms. The molecule has 194 valence electrons. The van der Waals surface area contributed by atoms with Crippen molar-refractivity contribution in [2.24, 2.45) is 0 Å². The highest BCUT2D eigenvalue weighted by atomic mass is 32.2. The summed E-state index contributed by atoms with van der Waals surface area (Å²) in [6.45, 7) is 8.36. The molecule has 1 aromatic rings. The third-order valence-electron chi connectivity index (χ3n) is 4.49. The van der Waals surface area contributed by atoms with Gasteiger partial charge in [0.15, 0.2) is 0 Å². The van der Waals surface area contributed by atoms with E-state index in [0.29, 0.717) is 0 Å². The summed E-state index contributed by atoms with van der Waals surface area (Å²) in [7, 11) is -0.116. The fraction of sp³-hybridized carbons (Fsp3) is 0.478. The molecule has 0 unspecified atom stereocenters. The van der Waals surface area contributed by atoms with Crippen molar-refractivity contribution >= 4 is 43.9 Å². The Morgan fingerprint density at radius 1 is 1.06 bits per heavy atom. The lowest BCUT2D eigenvalue weighted by Gasteiger charge is -2.22. The number of rotatable bonds is 13. The lowest BCUT2D eigenvalue weighted by atomic mass is 10.2. The summed E-state index contributed by atoms with van der Waals surface area (Å²) in [5.74, 6) is -1.07. The minimum absolute atomic E-state index is 0.101. The second-order valence-corrected chi connectivity index (χ2v) is 15.6. The Bertz CT molecular complexity index is 862. The molecule has 10 nitrogen and oxygen atoms in total. The molecule has 3 amide bonds. The first-order chi connectivity index (χ1) is 16.5. The molecule has 0 aliphatic carbocycles. The average Bonchev–Trinajstić information content (AvgIpc) is 2.81. The van der Waals surface area contributed by atoms with E-state index in [1.165, 1.54) is 25.1 Å². The highest BCUT2D eigenvalue weighted by Crippen LogP contribution is 2.17. The summed E-state index contributed by atoms with van der Waals surface area (Å²) >= 11 is 1.20. The van der Waals surface area contributed by atoms with Crippen molar-refractivity contribution in [1.82, 2.24) is 16.0 Å². The number of nitrogens with one attached hydrogen (secondary N) is 3. The minimum Gasteiger partial charge on any atom is -0.467 e. The topological polar surface area (TPSA) is 132 Å². The van der Waals surface area contributed by atoms with Gasteiger partial charge in [-0.05, 0) is 17.0 Å². The lowest BCUT2D eigenvalue weighted by Crippen LogP contribution is -2.47. The summed E-state index contributed by atoms with van der Waals surface area (Å²) in [5.41, 5.74) is 0.834. The standard InChI is InChI=1S/C23H35N3O7SSi/c1-17(20(21(28)31-2)26-23(30)32-12-14-35(3,4)5)34-13-11-24-19(27)15-25-22(29)33-16-18-9-7-6-8-10-18/h6-11,13,17,20H,12,14-16H2,1-5H3,(H,24,27)(H,25,29)(H,26,30)/b13-11+/t17-,20+/m0/s1. The molecule has 2 atom stereocenters. The highest BCUT2D eigenvalue weighted by molar-refractivity contribution is 8.02. The van der Waals surface area contributed by atoms with Crippen LogP contribution in [0.15, 0.2) is 41.9 Å². The molecule has 0 fully saturated rings. The van der Waals surface area contributed by atoms with Crippen molar-refractivity contribution in [2.75, 3.05) is 20.3 Å². The molecule has 1 rings (SSSR count). The summed E-state index contributed by atoms with van der Waals surface area (Å²) in [5, 5.41) is 8.54. The van der Waals surface area contributed by atoms with E-state index in [-0.39, 0.29) is 19.8 Å². The molecular weight excluding hydrogens is 490 g/mol. The molecule has 0 aliphatic rings. The Balaban J connectivity index is 2.37. The fourth-order valence-corrected chi connectivity index (χ4v) is 3.90. The first kappa shape index (κ1) is 30.0. The Hall–Kier alpha value is -2.99. The number of carbonyl (C=O) groups excluding carboxylic acids is 4. The van der Waals surface area contributed by atoms with Crippen molar-refractivity contribution in [3.63, 3.8) is 0 Å². The van der Waals surface area contributed by atoms with Gasteiger partial charge in [0.1, 0.15) is 19.2 Å². The summed E-state index contributed by atoms with van der Waals surface area (Å²) < 4.78 is 15.0. The van der Waals surface area contributed by atoms with Crippen molar-refractivity contribution < 1.29 is 33.4 Å². The van der Waals surface area contributed by atoms with Crippen LogP contribution < -0.4 is 16.0 Å². The predicted molar refractivity (Wildman–Crippen MR) is 137 cm³/mol. The summed E-state index contributed by atoms with van der Waals surface area (Å²) in [6.07, 6.45) is -0.0190. The zero-order chi connectivity index (χ0) is 26.3. The van der Waals surface area contributed by atoms with Gasteiger partial charge < -0.3 is 30.2 Å². The largest absolute Gasteiger partial charge is 0.467 e. The number of esters is 1. The number of benzene rings is 1. The normalized spacial score (nSPS) is 12.8. The average molecular weight is 526 g/mol. The van der Waals surface area contributed by atoms with Gasteiger partial charge in [-0.15, -0.1) is 11.8 Å². The number of alkyl carbamates (subject to hydrolysis) is 2. The maximum absolute atomic E-state index is 12.1. The zero-order valence-corrected chi connectivity index (χ0v) is 22.6. The number of thioether (sulfide) groups is 1. The van der Waals surface area contributed by atoms with Gasteiger partial charge in [-0.2, -0.15) is 0 Å². The van der Waals surface area contributed by atoms with Gasteiger partial charge in [0.25, 0.3) is 0 Å². The van der Waals surface area contributed by atoms with Crippen LogP contribution in [0, 0.1) is 0 Å². The number of methoxy groups -OCH3 is 1. The van der Waals surface area contributed by atoms with Crippen molar-refractivity contribution in [2.45, 2.75) is 50.5 Å². The van der Waals surface area contributed by atoms with Crippen molar-refractivity contribution in [3.8, 4) is 0 Å². The molecule has 0 saturated heterocycles. The number of ether oxygens (including phenoxy) is 3. The van der Waals surface area contributed by atoms with Gasteiger partial charge in [-0.1, -0.05) is 56.9 Å². The Labute approximate surface area is 211 Å². The van der Waals surface area contributed by atoms with E-state index < -0.39 is 43.4 Å². The van der Waals surface area contributed by atoms with Crippen LogP contribution >= 0.6 is 11.8 Å². The van der Waals surface area contributed by atoms with Gasteiger partial charge in [0, 0.05) is 19.5 Å². The number of carbonyl (C=O) groups is 4. The molecule has 0 aliphatic heterocycles. The third kappa shape index (κ3) is 14.1. The molecule has 12 heteroatoms. The maximum atomic E-state index is 12.1. The van der Waals surface area contributed by atoms with Gasteiger partial charge in [-0.25, -0.2) is 14.4 Å². The molecule has 0 aromatic heterocycles. The molecule has 0 saturated carbocycles. The van der Waals surface area contributed by atoms with Crippen LogP contribution in [0.5, 0.6) is 0 Å². The molecule has 0 radical (unpaired) electrons. The van der Waals surface area contributed by atoms with Crippen LogP contribution in [0.4, 0.5) is 9.59 Å². The van der Waals surface area contributed by atoms with Crippen LogP contribution in [0.2, 0.25) is 25.7 Å². The van der Waals surface area contributed by atoms with E-state index in [0.717, 1.165) is 11.6 Å². The Morgan fingerprint density at radius 3 is 2.37 bits per heavy atom. The molecule has 1 aromatic carbocycles. The van der Waals surface area contributed by atoms with Crippen LogP contribution in [0.3, 0.4) is 0 Å². The van der Waals surface area contributed by atoms with Crippen LogP contribution in [0.1, 0.15) is 12.5 Å². The Kier molecular flexibility index (Phi) is 13.6. The second-order valence-electron chi connectivity index (χ2n) is 8.72. The maximum Gasteiger partial charge on any atom is 0.407 e. The van der Waals surface area contributed by atoms with Gasteiger partial charge in [-0.3, -0.25) is 4.79 Å². The number of hydrogen-bond donors (Lipinski definition) is 3. The van der Waals surface area contributed by atoms with E-state index in [4.69, 9.17) is 14.2 Å². The van der Waals surface area contributed by atoms with Crippen LogP contribution in [-0.4, -0.2) is 63.7 Å². The van der Waals surface area contributed by atoms with E-state index in [1.54, 1.807) is 12.3 Å². The van der Waals surface area contributed by atoms with Crippen molar-refractivity contribution in [3.05, 3.63) is 47.5 Å². The molecule has 3 N–H and O–H groups in total. The summed E-state index contributed by atoms with van der Waals surface area (Å²) in [4.78, 5) is 47.8. The van der Waals surface area contributed by atoms with Gasteiger partial charge in [0.2, 0.25) is 5.91 Å². The monoisotopic (exact) mass is 525 g/mol. The number of amides is 3. The molecule has 0 spiro atoms. The second kappa shape index (κ2) is 15.8. The first-order valence-corrected chi connectivity index (χ1v) is 15.7. The smallest absolute Gasteiger partial charge is 0.407 e. The first-order valence-electron chi connectivity index (χ1n) is 11.1. The van der Waals surface area contributed by atoms with Crippen molar-refractivity contribution in [1.29, 1.82) is 0 Å². The predicted octanol–water partition coefficient (Wildman–Crippen LogP) is 3.23. The van der Waals surface area contributed by atoms with Gasteiger partial charge in [0.05, 0.1) is 13.7 Å². The van der Waals surface area contributed by atoms with E-state index in [9.17, 15) is 19.2 Å². The van der Waals surface area contributed by atoms with Crippen LogP contribution in [-0.2, 0) is 30.4 Å². The van der Waals surface area contributed by atoms with Crippen LogP contribution in [0.25, 0.3) is 0 Å². The minimum atomic E-state index is -1.35. The zero-order valence-electron chi connectivity index (χ0n) is 20.8. The fourth-order valence-electron chi connectivity index (χ4n) is 2.46. The Morgan fingerprint density at radius 2 is 1.74 bits per heavy atom. The van der Waals surface area contributed by atoms with E-state index in [1.807, 2.05) is 30.3 Å². The number of hydrogen-bond acceptors (Lipinski definition) is 8. The SMILES string of the molecule is COC(=O)[C@H](NC(=O)OCC[Si](C)(C)C)[C@H](C)S/C=C/NC(=O)CNC(=O)OCc1ccccc1. The summed E-state index contributed by atoms with van der Waals surface area (Å²) in [6, 6.07) is 9.04. The van der Waals surface area contributed by atoms with Gasteiger partial charge >= 0.3 is 18.2 Å². The molecular formula is C23H35N3O7SSi. The highest BCUT2D eigenvalue weighted by Gasteiger charge is 2.28. The quantitative estimate of drug-likeness (QED) is 0.203. The molecule has 0 heterocycles.